The smallest absolute Gasteiger partial charge is 0.239 e. The van der Waals surface area contributed by atoms with Gasteiger partial charge in [0.1, 0.15) is 11.8 Å². The average Bonchev–Trinajstić information content (AvgIpc) is 2.65. The maximum Gasteiger partial charge on any atom is 0.239 e. The van der Waals surface area contributed by atoms with Gasteiger partial charge in [-0.2, -0.15) is 9.57 Å². The molecule has 0 fully saturated rings. The number of nitrogens with one attached hydrogen (secondary N) is 1. The van der Waals surface area contributed by atoms with E-state index in [0.717, 1.165) is 16.1 Å². The summed E-state index contributed by atoms with van der Waals surface area (Å²) in [6.07, 6.45) is 1.52. The van der Waals surface area contributed by atoms with Gasteiger partial charge < -0.3 is 10.1 Å². The van der Waals surface area contributed by atoms with Crippen LogP contribution in [0.15, 0.2) is 48.5 Å². The summed E-state index contributed by atoms with van der Waals surface area (Å²) in [5.41, 5.74) is 1.60. The number of carbonyl (C=O) groups excluding carboxylic acids is 1. The Morgan fingerprint density at radius 1 is 1.19 bits per heavy atom. The lowest BCUT2D eigenvalue weighted by Gasteiger charge is -2.19. The zero-order valence-electron chi connectivity index (χ0n) is 15.2. The highest BCUT2D eigenvalue weighted by atomic mass is 32.2. The van der Waals surface area contributed by atoms with Gasteiger partial charge in [0.2, 0.25) is 15.9 Å². The van der Waals surface area contributed by atoms with Crippen LogP contribution in [0.3, 0.4) is 0 Å². The molecule has 2 rings (SSSR count). The second-order valence-electron chi connectivity index (χ2n) is 5.90. The van der Waals surface area contributed by atoms with Crippen molar-refractivity contribution in [3.8, 4) is 11.8 Å². The minimum Gasteiger partial charge on any atom is -0.497 e. The molecule has 7 nitrogen and oxygen atoms in total. The Kier molecular flexibility index (Phi) is 6.93. The SMILES string of the molecule is COc1ccc(CCN(CC(=O)Nc2ccccc2C#N)S(C)(=O)=O)cc1. The van der Waals surface area contributed by atoms with Crippen molar-refractivity contribution in [1.29, 1.82) is 5.26 Å². The third kappa shape index (κ3) is 6.09. The zero-order valence-corrected chi connectivity index (χ0v) is 16.0. The summed E-state index contributed by atoms with van der Waals surface area (Å²) in [4.78, 5) is 12.3. The molecule has 0 aliphatic rings. The molecule has 0 unspecified atom stereocenters. The van der Waals surface area contributed by atoms with Gasteiger partial charge in [-0.15, -0.1) is 0 Å². The lowest BCUT2D eigenvalue weighted by atomic mass is 10.1. The van der Waals surface area contributed by atoms with E-state index < -0.39 is 15.9 Å². The highest BCUT2D eigenvalue weighted by Crippen LogP contribution is 2.15. The van der Waals surface area contributed by atoms with Gasteiger partial charge in [0.15, 0.2) is 0 Å². The Bertz CT molecular complexity index is 934. The zero-order chi connectivity index (χ0) is 19.9. The van der Waals surface area contributed by atoms with Crippen LogP contribution in [0.4, 0.5) is 5.69 Å². The summed E-state index contributed by atoms with van der Waals surface area (Å²) in [5, 5.41) is 11.7. The molecule has 0 heterocycles. The van der Waals surface area contributed by atoms with E-state index in [2.05, 4.69) is 5.32 Å². The van der Waals surface area contributed by atoms with E-state index in [-0.39, 0.29) is 13.1 Å². The topological polar surface area (TPSA) is 99.5 Å². The Hall–Kier alpha value is -2.89. The normalized spacial score (nSPS) is 11.0. The molecular formula is C19H21N3O4S. The van der Waals surface area contributed by atoms with Crippen molar-refractivity contribution in [3.63, 3.8) is 0 Å². The Balaban J connectivity index is 2.03. The van der Waals surface area contributed by atoms with Gasteiger partial charge in [-0.25, -0.2) is 8.42 Å². The number of ether oxygens (including phenoxy) is 1. The molecule has 0 spiro atoms. The van der Waals surface area contributed by atoms with Gasteiger partial charge in [-0.1, -0.05) is 24.3 Å². The summed E-state index contributed by atoms with van der Waals surface area (Å²) in [6, 6.07) is 15.8. The van der Waals surface area contributed by atoms with E-state index >= 15 is 0 Å². The van der Waals surface area contributed by atoms with E-state index in [9.17, 15) is 13.2 Å². The molecule has 0 radical (unpaired) electrons. The van der Waals surface area contributed by atoms with Crippen LogP contribution < -0.4 is 10.1 Å². The lowest BCUT2D eigenvalue weighted by Crippen LogP contribution is -2.38. The molecule has 0 aliphatic heterocycles. The highest BCUT2D eigenvalue weighted by Gasteiger charge is 2.20. The second kappa shape index (κ2) is 9.16. The van der Waals surface area contributed by atoms with Crippen LogP contribution >= 0.6 is 0 Å². The van der Waals surface area contributed by atoms with Gasteiger partial charge in [0.25, 0.3) is 0 Å². The molecular weight excluding hydrogens is 366 g/mol. The molecule has 0 aromatic heterocycles. The summed E-state index contributed by atoms with van der Waals surface area (Å²) < 4.78 is 30.3. The van der Waals surface area contributed by atoms with Crippen molar-refractivity contribution in [2.75, 3.05) is 31.8 Å². The van der Waals surface area contributed by atoms with Crippen molar-refractivity contribution >= 4 is 21.6 Å². The predicted octanol–water partition coefficient (Wildman–Crippen LogP) is 2.01. The van der Waals surface area contributed by atoms with Crippen LogP contribution in [0.1, 0.15) is 11.1 Å². The lowest BCUT2D eigenvalue weighted by molar-refractivity contribution is -0.116. The number of hydrogen-bond acceptors (Lipinski definition) is 5. The summed E-state index contributed by atoms with van der Waals surface area (Å²) in [6.45, 7) is -0.159. The molecule has 0 saturated carbocycles. The minimum atomic E-state index is -3.57. The van der Waals surface area contributed by atoms with Crippen molar-refractivity contribution in [2.45, 2.75) is 6.42 Å². The third-order valence-corrected chi connectivity index (χ3v) is 5.17. The number of amides is 1. The third-order valence-electron chi connectivity index (χ3n) is 3.92. The van der Waals surface area contributed by atoms with Crippen LogP contribution in [0, 0.1) is 11.3 Å². The standard InChI is InChI=1S/C19H21N3O4S/c1-26-17-9-7-15(8-10-17)11-12-22(27(2,24)25)14-19(23)21-18-6-4-3-5-16(18)13-20/h3-10H,11-12,14H2,1-2H3,(H,21,23). The van der Waals surface area contributed by atoms with E-state index in [1.807, 2.05) is 18.2 Å². The first-order valence-corrected chi connectivity index (χ1v) is 10.1. The van der Waals surface area contributed by atoms with Crippen LogP contribution in [-0.4, -0.2) is 45.1 Å². The first-order valence-electron chi connectivity index (χ1n) is 8.20. The fraction of sp³-hybridized carbons (Fsp3) is 0.263. The number of methoxy groups -OCH3 is 1. The first kappa shape index (κ1) is 20.4. The molecule has 2 aromatic rings. The Morgan fingerprint density at radius 2 is 1.85 bits per heavy atom. The van der Waals surface area contributed by atoms with Crippen LogP contribution in [-0.2, 0) is 21.2 Å². The summed E-state index contributed by atoms with van der Waals surface area (Å²) >= 11 is 0. The van der Waals surface area contributed by atoms with Crippen molar-refractivity contribution < 1.29 is 17.9 Å². The van der Waals surface area contributed by atoms with Crippen molar-refractivity contribution in [1.82, 2.24) is 4.31 Å². The largest absolute Gasteiger partial charge is 0.497 e. The number of anilines is 1. The second-order valence-corrected chi connectivity index (χ2v) is 7.88. The Labute approximate surface area is 159 Å². The summed E-state index contributed by atoms with van der Waals surface area (Å²) in [7, 11) is -2.00. The minimum absolute atomic E-state index is 0.165. The van der Waals surface area contributed by atoms with Crippen molar-refractivity contribution in [3.05, 3.63) is 59.7 Å². The molecule has 0 saturated heterocycles. The maximum atomic E-state index is 12.3. The molecule has 0 atom stereocenters. The molecule has 142 valence electrons. The quantitative estimate of drug-likeness (QED) is 0.747. The van der Waals surface area contributed by atoms with Gasteiger partial charge in [0, 0.05) is 6.54 Å². The number of sulfonamides is 1. The monoisotopic (exact) mass is 387 g/mol. The van der Waals surface area contributed by atoms with Gasteiger partial charge in [0.05, 0.1) is 31.2 Å². The fourth-order valence-electron chi connectivity index (χ4n) is 2.45. The number of benzene rings is 2. The van der Waals surface area contributed by atoms with Crippen LogP contribution in [0.5, 0.6) is 5.75 Å². The van der Waals surface area contributed by atoms with Crippen LogP contribution in [0.25, 0.3) is 0 Å². The number of carbonyl (C=O) groups is 1. The summed E-state index contributed by atoms with van der Waals surface area (Å²) in [5.74, 6) is 0.215. The van der Waals surface area contributed by atoms with Gasteiger partial charge in [-0.3, -0.25) is 4.79 Å². The maximum absolute atomic E-state index is 12.3. The average molecular weight is 387 g/mol. The fourth-order valence-corrected chi connectivity index (χ4v) is 3.22. The number of hydrogen-bond donors (Lipinski definition) is 1. The number of rotatable bonds is 8. The molecule has 27 heavy (non-hydrogen) atoms. The predicted molar refractivity (Wildman–Crippen MR) is 103 cm³/mol. The number of nitriles is 1. The number of para-hydroxylation sites is 1. The molecule has 8 heteroatoms. The van der Waals surface area contributed by atoms with E-state index in [4.69, 9.17) is 10.00 Å². The van der Waals surface area contributed by atoms with Crippen LogP contribution in [0.2, 0.25) is 0 Å². The van der Waals surface area contributed by atoms with Gasteiger partial charge in [-0.05, 0) is 36.2 Å². The van der Waals surface area contributed by atoms with E-state index in [1.54, 1.807) is 43.5 Å². The van der Waals surface area contributed by atoms with Gasteiger partial charge >= 0.3 is 0 Å². The molecule has 0 bridgehead atoms. The highest BCUT2D eigenvalue weighted by molar-refractivity contribution is 7.88. The molecule has 1 N–H and O–H groups in total. The van der Waals surface area contributed by atoms with Crippen molar-refractivity contribution in [2.24, 2.45) is 0 Å². The molecule has 2 aromatic carbocycles. The molecule has 1 amide bonds. The number of nitrogens with zero attached hydrogens (tertiary/aromatic N) is 2. The molecule has 0 aliphatic carbocycles. The van der Waals surface area contributed by atoms with E-state index in [1.165, 1.54) is 0 Å². The first-order chi connectivity index (χ1) is 12.8. The Morgan fingerprint density at radius 3 is 2.44 bits per heavy atom. The van der Waals surface area contributed by atoms with E-state index in [0.29, 0.717) is 23.4 Å².